The van der Waals surface area contributed by atoms with Gasteiger partial charge in [0.15, 0.2) is 5.13 Å². The number of anilines is 1. The van der Waals surface area contributed by atoms with Crippen LogP contribution in [0, 0.1) is 0 Å². The summed E-state index contributed by atoms with van der Waals surface area (Å²) in [5, 5.41) is 5.25. The van der Waals surface area contributed by atoms with E-state index in [1.807, 2.05) is 5.32 Å². The lowest BCUT2D eigenvalue weighted by molar-refractivity contribution is -0.206. The SMILES string of the molecule is CCC(=O)NC(Nc1nc(C2CC2)cs1)(C(=O)OC)C(F)(F)F. The molecule has 1 heterocycles. The van der Waals surface area contributed by atoms with Gasteiger partial charge >= 0.3 is 17.8 Å². The number of aromatic nitrogens is 1. The Labute approximate surface area is 134 Å². The number of carbonyl (C=O) groups is 2. The molecule has 1 fully saturated rings. The molecule has 1 amide bonds. The van der Waals surface area contributed by atoms with Crippen molar-refractivity contribution in [3.8, 4) is 0 Å². The molecule has 0 aromatic carbocycles. The monoisotopic (exact) mass is 351 g/mol. The normalized spacial score (nSPS) is 17.3. The summed E-state index contributed by atoms with van der Waals surface area (Å²) in [5.74, 6) is -2.35. The highest BCUT2D eigenvalue weighted by atomic mass is 32.1. The van der Waals surface area contributed by atoms with Crippen molar-refractivity contribution in [1.82, 2.24) is 10.3 Å². The number of alkyl halides is 3. The maximum absolute atomic E-state index is 13.6. The predicted octanol–water partition coefficient (Wildman–Crippen LogP) is 2.39. The molecule has 0 aliphatic heterocycles. The Morgan fingerprint density at radius 2 is 2.09 bits per heavy atom. The third-order valence-electron chi connectivity index (χ3n) is 3.38. The lowest BCUT2D eigenvalue weighted by Gasteiger charge is -2.33. The van der Waals surface area contributed by atoms with Crippen LogP contribution in [-0.4, -0.2) is 35.8 Å². The first-order valence-corrected chi connectivity index (χ1v) is 7.81. The molecule has 6 nitrogen and oxygen atoms in total. The van der Waals surface area contributed by atoms with Gasteiger partial charge in [-0.1, -0.05) is 6.92 Å². The summed E-state index contributed by atoms with van der Waals surface area (Å²) in [6.45, 7) is 1.38. The molecule has 0 bridgehead atoms. The molecule has 23 heavy (non-hydrogen) atoms. The second-order valence-electron chi connectivity index (χ2n) is 5.12. The average molecular weight is 351 g/mol. The van der Waals surface area contributed by atoms with E-state index in [0.29, 0.717) is 5.69 Å². The zero-order chi connectivity index (χ0) is 17.3. The minimum absolute atomic E-state index is 0.106. The standard InChI is InChI=1S/C13H16F3N3O3S/c1-3-9(20)18-12(10(21)22-2,13(14,15)16)19-11-17-8(6-23-11)7-4-5-7/h6-7H,3-5H2,1-2H3,(H,17,19)(H,18,20). The van der Waals surface area contributed by atoms with Crippen molar-refractivity contribution >= 4 is 28.3 Å². The van der Waals surface area contributed by atoms with Gasteiger partial charge in [0.1, 0.15) is 0 Å². The lowest BCUT2D eigenvalue weighted by Crippen LogP contribution is -2.69. The van der Waals surface area contributed by atoms with Gasteiger partial charge < -0.3 is 15.4 Å². The fourth-order valence-electron chi connectivity index (χ4n) is 1.91. The Kier molecular flexibility index (Phi) is 4.83. The van der Waals surface area contributed by atoms with Crippen LogP contribution < -0.4 is 10.6 Å². The van der Waals surface area contributed by atoms with Gasteiger partial charge in [-0.2, -0.15) is 13.2 Å². The van der Waals surface area contributed by atoms with E-state index in [0.717, 1.165) is 31.3 Å². The van der Waals surface area contributed by atoms with Crippen molar-refractivity contribution < 1.29 is 27.5 Å². The van der Waals surface area contributed by atoms with Crippen molar-refractivity contribution in [2.75, 3.05) is 12.4 Å². The van der Waals surface area contributed by atoms with Gasteiger partial charge in [0, 0.05) is 17.7 Å². The number of hydrogen-bond donors (Lipinski definition) is 2. The van der Waals surface area contributed by atoms with Crippen LogP contribution in [0.2, 0.25) is 0 Å². The van der Waals surface area contributed by atoms with E-state index in [1.54, 1.807) is 10.7 Å². The largest absolute Gasteiger partial charge is 0.466 e. The Bertz CT molecular complexity index is 601. The van der Waals surface area contributed by atoms with Crippen LogP contribution in [0.5, 0.6) is 0 Å². The van der Waals surface area contributed by atoms with Crippen LogP contribution in [0.25, 0.3) is 0 Å². The summed E-state index contributed by atoms with van der Waals surface area (Å²) in [6, 6.07) is 0. The van der Waals surface area contributed by atoms with Crippen LogP contribution >= 0.6 is 11.3 Å². The van der Waals surface area contributed by atoms with E-state index in [2.05, 4.69) is 9.72 Å². The molecule has 0 spiro atoms. The number of nitrogens with zero attached hydrogens (tertiary/aromatic N) is 1. The van der Waals surface area contributed by atoms with Gasteiger partial charge in [-0.3, -0.25) is 4.79 Å². The zero-order valence-electron chi connectivity index (χ0n) is 12.5. The fraction of sp³-hybridized carbons (Fsp3) is 0.615. The average Bonchev–Trinajstić information content (AvgIpc) is 3.24. The third kappa shape index (κ3) is 3.57. The number of hydrogen-bond acceptors (Lipinski definition) is 6. The first kappa shape index (κ1) is 17.5. The number of halogens is 3. The molecule has 2 N–H and O–H groups in total. The zero-order valence-corrected chi connectivity index (χ0v) is 13.3. The number of carbonyl (C=O) groups excluding carboxylic acids is 2. The van der Waals surface area contributed by atoms with Crippen molar-refractivity contribution in [3.63, 3.8) is 0 Å². The number of nitrogens with one attached hydrogen (secondary N) is 2. The van der Waals surface area contributed by atoms with E-state index < -0.39 is 23.7 Å². The van der Waals surface area contributed by atoms with Crippen LogP contribution in [0.3, 0.4) is 0 Å². The quantitative estimate of drug-likeness (QED) is 0.608. The highest BCUT2D eigenvalue weighted by Gasteiger charge is 2.63. The molecule has 1 saturated carbocycles. The highest BCUT2D eigenvalue weighted by molar-refractivity contribution is 7.13. The number of amides is 1. The Morgan fingerprint density at radius 1 is 1.43 bits per heavy atom. The second-order valence-corrected chi connectivity index (χ2v) is 5.98. The summed E-state index contributed by atoms with van der Waals surface area (Å²) >= 11 is 0.942. The molecule has 1 aromatic heterocycles. The summed E-state index contributed by atoms with van der Waals surface area (Å²) in [4.78, 5) is 27.4. The highest BCUT2D eigenvalue weighted by Crippen LogP contribution is 2.42. The maximum Gasteiger partial charge on any atom is 0.442 e. The maximum atomic E-state index is 13.6. The first-order chi connectivity index (χ1) is 10.7. The van der Waals surface area contributed by atoms with E-state index in [4.69, 9.17) is 0 Å². The molecular weight excluding hydrogens is 335 g/mol. The van der Waals surface area contributed by atoms with Crippen molar-refractivity contribution in [3.05, 3.63) is 11.1 Å². The molecule has 1 unspecified atom stereocenters. The lowest BCUT2D eigenvalue weighted by atomic mass is 10.1. The molecule has 1 atom stereocenters. The van der Waals surface area contributed by atoms with E-state index >= 15 is 0 Å². The topological polar surface area (TPSA) is 80.3 Å². The molecule has 10 heteroatoms. The van der Waals surface area contributed by atoms with Crippen LogP contribution in [0.4, 0.5) is 18.3 Å². The van der Waals surface area contributed by atoms with Crippen LogP contribution in [0.15, 0.2) is 5.38 Å². The van der Waals surface area contributed by atoms with Gasteiger partial charge in [0.05, 0.1) is 12.8 Å². The van der Waals surface area contributed by atoms with Crippen LogP contribution in [0.1, 0.15) is 37.8 Å². The van der Waals surface area contributed by atoms with Crippen molar-refractivity contribution in [2.45, 2.75) is 43.9 Å². The Hall–Kier alpha value is -1.84. The van der Waals surface area contributed by atoms with Crippen molar-refractivity contribution in [1.29, 1.82) is 0 Å². The van der Waals surface area contributed by atoms with Gasteiger partial charge in [-0.25, -0.2) is 9.78 Å². The van der Waals surface area contributed by atoms with E-state index in [9.17, 15) is 22.8 Å². The summed E-state index contributed by atoms with van der Waals surface area (Å²) in [6.07, 6.45) is -3.45. The van der Waals surface area contributed by atoms with Gasteiger partial charge in [-0.05, 0) is 12.8 Å². The van der Waals surface area contributed by atoms with Gasteiger partial charge in [0.25, 0.3) is 0 Å². The third-order valence-corrected chi connectivity index (χ3v) is 4.15. The smallest absolute Gasteiger partial charge is 0.442 e. The number of ether oxygens (including phenoxy) is 1. The Balaban J connectivity index is 2.36. The Morgan fingerprint density at radius 3 is 2.57 bits per heavy atom. The second kappa shape index (κ2) is 6.34. The first-order valence-electron chi connectivity index (χ1n) is 6.93. The molecule has 1 aromatic rings. The van der Waals surface area contributed by atoms with Crippen LogP contribution in [-0.2, 0) is 14.3 Å². The molecule has 1 aliphatic rings. The molecular formula is C13H16F3N3O3S. The minimum atomic E-state index is -5.11. The molecule has 0 radical (unpaired) electrons. The summed E-state index contributed by atoms with van der Waals surface area (Å²) in [5.41, 5.74) is -2.69. The summed E-state index contributed by atoms with van der Waals surface area (Å²) in [7, 11) is 0.820. The number of methoxy groups -OCH3 is 1. The number of esters is 1. The molecule has 0 saturated heterocycles. The fourth-order valence-corrected chi connectivity index (χ4v) is 2.76. The van der Waals surface area contributed by atoms with Crippen molar-refractivity contribution in [2.24, 2.45) is 0 Å². The molecule has 2 rings (SSSR count). The van der Waals surface area contributed by atoms with Gasteiger partial charge in [0.2, 0.25) is 5.91 Å². The predicted molar refractivity (Wildman–Crippen MR) is 76.9 cm³/mol. The molecule has 128 valence electrons. The van der Waals surface area contributed by atoms with E-state index in [-0.39, 0.29) is 17.5 Å². The van der Waals surface area contributed by atoms with E-state index in [1.165, 1.54) is 6.92 Å². The number of thiazole rings is 1. The van der Waals surface area contributed by atoms with Gasteiger partial charge in [-0.15, -0.1) is 11.3 Å². The number of rotatable bonds is 6. The minimum Gasteiger partial charge on any atom is -0.466 e. The summed E-state index contributed by atoms with van der Waals surface area (Å²) < 4.78 is 45.0. The molecule has 1 aliphatic carbocycles.